The van der Waals surface area contributed by atoms with Crippen molar-refractivity contribution in [2.24, 2.45) is 0 Å². The van der Waals surface area contributed by atoms with Gasteiger partial charge in [-0.2, -0.15) is 0 Å². The predicted octanol–water partition coefficient (Wildman–Crippen LogP) is 17.9. The van der Waals surface area contributed by atoms with Gasteiger partial charge in [-0.15, -0.1) is 0 Å². The van der Waals surface area contributed by atoms with Crippen LogP contribution in [0.25, 0.3) is 33.4 Å². The molecule has 1 aliphatic carbocycles. The average molecular weight is 885 g/mol. The molecule has 0 heterocycles. The van der Waals surface area contributed by atoms with Crippen molar-refractivity contribution < 1.29 is 0 Å². The average Bonchev–Trinajstić information content (AvgIpc) is 3.43. The molecule has 0 saturated heterocycles. The van der Waals surface area contributed by atoms with E-state index in [2.05, 4.69) is 301 Å². The number of rotatable bonds is 13. The van der Waals surface area contributed by atoms with Crippen molar-refractivity contribution in [2.45, 2.75) is 18.3 Å². The van der Waals surface area contributed by atoms with Crippen molar-refractivity contribution in [1.82, 2.24) is 0 Å². The summed E-state index contributed by atoms with van der Waals surface area (Å²) in [7, 11) is 0. The Bertz CT molecular complexity index is 3190. The zero-order valence-corrected chi connectivity index (χ0v) is 38.5. The van der Waals surface area contributed by atoms with E-state index in [1.165, 1.54) is 55.6 Å². The summed E-state index contributed by atoms with van der Waals surface area (Å²) in [5.41, 5.74) is 19.1. The number of nitrogens with zero attached hydrogens (tertiary/aromatic N) is 2. The lowest BCUT2D eigenvalue weighted by Gasteiger charge is -2.37. The van der Waals surface area contributed by atoms with Crippen LogP contribution >= 0.6 is 0 Å². The summed E-state index contributed by atoms with van der Waals surface area (Å²) in [6, 6.07) is 101. The summed E-state index contributed by atoms with van der Waals surface area (Å²) >= 11 is 0. The van der Waals surface area contributed by atoms with Gasteiger partial charge < -0.3 is 9.80 Å². The second-order valence-electron chi connectivity index (χ2n) is 17.7. The molecule has 0 saturated carbocycles. The van der Waals surface area contributed by atoms with Crippen molar-refractivity contribution in [3.05, 3.63) is 319 Å². The van der Waals surface area contributed by atoms with E-state index in [9.17, 15) is 0 Å². The van der Waals surface area contributed by atoms with Crippen molar-refractivity contribution in [3.63, 3.8) is 0 Å². The van der Waals surface area contributed by atoms with Crippen LogP contribution in [0.2, 0.25) is 0 Å². The molecule has 0 bridgehead atoms. The van der Waals surface area contributed by atoms with Crippen LogP contribution in [0, 0.1) is 0 Å². The molecule has 10 aromatic rings. The van der Waals surface area contributed by atoms with Crippen molar-refractivity contribution >= 4 is 28.4 Å². The van der Waals surface area contributed by atoms with E-state index in [-0.39, 0.29) is 11.8 Å². The highest BCUT2D eigenvalue weighted by atomic mass is 15.2. The van der Waals surface area contributed by atoms with E-state index in [0.717, 1.165) is 40.6 Å². The number of allylic oxidation sites excluding steroid dienone is 3. The molecule has 0 fully saturated rings. The van der Waals surface area contributed by atoms with Crippen molar-refractivity contribution in [1.29, 1.82) is 0 Å². The van der Waals surface area contributed by atoms with Gasteiger partial charge in [0.15, 0.2) is 0 Å². The summed E-state index contributed by atoms with van der Waals surface area (Å²) in [5, 5.41) is 0. The Labute approximate surface area is 407 Å². The third-order valence-corrected chi connectivity index (χ3v) is 13.4. The summed E-state index contributed by atoms with van der Waals surface area (Å²) in [5.74, 6) is 0.115. The molecular formula is C67H52N2. The molecule has 0 amide bonds. The van der Waals surface area contributed by atoms with Crippen molar-refractivity contribution in [2.75, 3.05) is 9.80 Å². The van der Waals surface area contributed by atoms with Crippen molar-refractivity contribution in [3.8, 4) is 33.4 Å². The topological polar surface area (TPSA) is 6.48 Å². The lowest BCUT2D eigenvalue weighted by Crippen LogP contribution is -2.24. The molecule has 1 aliphatic rings. The third-order valence-electron chi connectivity index (χ3n) is 13.4. The quantitative estimate of drug-likeness (QED) is 0.114. The van der Waals surface area contributed by atoms with Gasteiger partial charge in [0.2, 0.25) is 0 Å². The van der Waals surface area contributed by atoms with E-state index < -0.39 is 0 Å². The molecule has 2 unspecified atom stereocenters. The summed E-state index contributed by atoms with van der Waals surface area (Å²) < 4.78 is 0. The van der Waals surface area contributed by atoms with Gasteiger partial charge in [0.25, 0.3) is 0 Å². The minimum absolute atomic E-state index is 0.0428. The Morgan fingerprint density at radius 2 is 0.609 bits per heavy atom. The molecule has 2 heteroatoms. The largest absolute Gasteiger partial charge is 0.311 e. The minimum atomic E-state index is 0.0428. The Kier molecular flexibility index (Phi) is 12.4. The molecule has 0 N–H and O–H groups in total. The lowest BCUT2D eigenvalue weighted by molar-refractivity contribution is 0.667. The van der Waals surface area contributed by atoms with E-state index >= 15 is 0 Å². The van der Waals surface area contributed by atoms with Crippen LogP contribution in [0.4, 0.5) is 28.4 Å². The Balaban J connectivity index is 1.03. The lowest BCUT2D eigenvalue weighted by atomic mass is 9.72. The van der Waals surface area contributed by atoms with Gasteiger partial charge >= 0.3 is 0 Å². The number of para-hydroxylation sites is 1. The number of benzene rings is 10. The standard InChI is InChI=1S/C67H52N2/c1-7-19-50(20-8-1)47-59-48-65(69(63-41-33-55(34-42-63)52-23-11-3-12-24-52)64-43-35-56(36-44-64)53-25-13-4-14-26-53)49-66(57-27-15-5-16-28-57)67(59)58-37-45-62(46-38-58)68(60-29-17-6-18-30-60)61-39-31-54(32-40-61)51-21-9-2-10-22-51/h1-46,48-49,66-67H,47H2. The number of hydrogen-bond donors (Lipinski definition) is 0. The zero-order chi connectivity index (χ0) is 46.2. The van der Waals surface area contributed by atoms with E-state index in [1.807, 2.05) is 0 Å². The molecule has 0 radical (unpaired) electrons. The Hall–Kier alpha value is -8.72. The zero-order valence-electron chi connectivity index (χ0n) is 38.5. The molecule has 69 heavy (non-hydrogen) atoms. The molecule has 10 aromatic carbocycles. The Morgan fingerprint density at radius 1 is 0.275 bits per heavy atom. The fourth-order valence-corrected chi connectivity index (χ4v) is 9.96. The van der Waals surface area contributed by atoms with Gasteiger partial charge in [0.1, 0.15) is 0 Å². The normalized spacial score (nSPS) is 14.3. The molecule has 0 aliphatic heterocycles. The fourth-order valence-electron chi connectivity index (χ4n) is 9.96. The highest BCUT2D eigenvalue weighted by Gasteiger charge is 2.33. The van der Waals surface area contributed by atoms with Gasteiger partial charge in [0, 0.05) is 46.0 Å². The maximum absolute atomic E-state index is 2.52. The SMILES string of the molecule is C1=C(Cc2ccccc2)C(c2ccc(N(c3ccccc3)c3ccc(-c4ccccc4)cc3)cc2)C(c2ccccc2)C=C1N(c1ccc(-c2ccccc2)cc1)c1ccc(-c2ccccc2)cc1. The summed E-state index contributed by atoms with van der Waals surface area (Å²) in [6.45, 7) is 0. The first kappa shape index (κ1) is 42.9. The van der Waals surface area contributed by atoms with Gasteiger partial charge in [-0.25, -0.2) is 0 Å². The summed E-state index contributed by atoms with van der Waals surface area (Å²) in [4.78, 5) is 4.81. The van der Waals surface area contributed by atoms with Crippen LogP contribution in [-0.4, -0.2) is 0 Å². The molecule has 2 nitrogen and oxygen atoms in total. The third kappa shape index (κ3) is 9.47. The van der Waals surface area contributed by atoms with Crippen LogP contribution < -0.4 is 9.80 Å². The molecule has 0 aromatic heterocycles. The van der Waals surface area contributed by atoms with Gasteiger partial charge in [-0.1, -0.05) is 230 Å². The predicted molar refractivity (Wildman–Crippen MR) is 291 cm³/mol. The minimum Gasteiger partial charge on any atom is -0.311 e. The maximum atomic E-state index is 2.52. The first-order chi connectivity index (χ1) is 34.2. The van der Waals surface area contributed by atoms with Gasteiger partial charge in [-0.05, 0) is 123 Å². The smallest absolute Gasteiger partial charge is 0.0462 e. The molecule has 0 spiro atoms. The van der Waals surface area contributed by atoms with E-state index in [0.29, 0.717) is 0 Å². The molecule has 11 rings (SSSR count). The van der Waals surface area contributed by atoms with Crippen LogP contribution in [0.15, 0.2) is 302 Å². The van der Waals surface area contributed by atoms with Crippen LogP contribution in [0.3, 0.4) is 0 Å². The molecular weight excluding hydrogens is 833 g/mol. The van der Waals surface area contributed by atoms with Gasteiger partial charge in [0.05, 0.1) is 0 Å². The van der Waals surface area contributed by atoms with Crippen LogP contribution in [0.1, 0.15) is 28.5 Å². The van der Waals surface area contributed by atoms with Crippen LogP contribution in [-0.2, 0) is 6.42 Å². The summed E-state index contributed by atoms with van der Waals surface area (Å²) in [6.07, 6.45) is 5.81. The first-order valence-corrected chi connectivity index (χ1v) is 23.9. The van der Waals surface area contributed by atoms with E-state index in [4.69, 9.17) is 0 Å². The maximum Gasteiger partial charge on any atom is 0.0462 e. The number of hydrogen-bond acceptors (Lipinski definition) is 2. The van der Waals surface area contributed by atoms with Gasteiger partial charge in [-0.3, -0.25) is 0 Å². The van der Waals surface area contributed by atoms with Crippen LogP contribution in [0.5, 0.6) is 0 Å². The fraction of sp³-hybridized carbons (Fsp3) is 0.0448. The second-order valence-corrected chi connectivity index (χ2v) is 17.7. The second kappa shape index (κ2) is 20.0. The molecule has 330 valence electrons. The Morgan fingerprint density at radius 3 is 1.04 bits per heavy atom. The molecule has 2 atom stereocenters. The number of anilines is 5. The first-order valence-electron chi connectivity index (χ1n) is 23.9. The monoisotopic (exact) mass is 884 g/mol. The highest BCUT2D eigenvalue weighted by molar-refractivity contribution is 5.80. The highest BCUT2D eigenvalue weighted by Crippen LogP contribution is 2.48. The van der Waals surface area contributed by atoms with E-state index in [1.54, 1.807) is 0 Å².